The van der Waals surface area contributed by atoms with Gasteiger partial charge in [0, 0.05) is 18.8 Å². The number of tetrazole rings is 1. The molecule has 0 aliphatic heterocycles. The first-order valence-corrected chi connectivity index (χ1v) is 15.1. The van der Waals surface area contributed by atoms with Gasteiger partial charge >= 0.3 is 12.1 Å². The Morgan fingerprint density at radius 3 is 2.60 bits per heavy atom. The van der Waals surface area contributed by atoms with Gasteiger partial charge in [-0.25, -0.2) is 14.7 Å². The van der Waals surface area contributed by atoms with Crippen LogP contribution in [0.25, 0.3) is 28.2 Å². The van der Waals surface area contributed by atoms with Gasteiger partial charge in [0.2, 0.25) is 6.29 Å². The molecule has 3 aromatic heterocycles. The lowest BCUT2D eigenvalue weighted by atomic mass is 9.98. The summed E-state index contributed by atoms with van der Waals surface area (Å²) in [5, 5.41) is 14.3. The lowest BCUT2D eigenvalue weighted by molar-refractivity contribution is -0.0914. The zero-order valence-electron chi connectivity index (χ0n) is 25.4. The molecule has 1 N–H and O–H groups in total. The van der Waals surface area contributed by atoms with Gasteiger partial charge in [-0.15, -0.1) is 5.10 Å². The van der Waals surface area contributed by atoms with Crippen molar-refractivity contribution < 1.29 is 28.5 Å². The molecule has 0 amide bonds. The summed E-state index contributed by atoms with van der Waals surface area (Å²) in [6, 6.07) is 15.6. The van der Waals surface area contributed by atoms with Crippen LogP contribution >= 0.6 is 0 Å². The quantitative estimate of drug-likeness (QED) is 0.152. The van der Waals surface area contributed by atoms with Gasteiger partial charge in [-0.3, -0.25) is 4.57 Å². The number of para-hydroxylation sites is 1. The first-order chi connectivity index (χ1) is 21.9. The molecule has 13 heteroatoms. The first kappa shape index (κ1) is 29.9. The lowest BCUT2D eigenvalue weighted by Gasteiger charge is -2.22. The number of nitrogens with zero attached hydrogens (tertiary/aromatic N) is 6. The van der Waals surface area contributed by atoms with Crippen LogP contribution < -0.4 is 4.74 Å². The highest BCUT2D eigenvalue weighted by Crippen LogP contribution is 2.29. The summed E-state index contributed by atoms with van der Waals surface area (Å²) in [6.45, 7) is 6.14. The number of aromatic amines is 1. The molecule has 2 aromatic carbocycles. The largest absolute Gasteiger partial charge is 0.511 e. The average molecular weight is 614 g/mol. The molecule has 13 nitrogen and oxygen atoms in total. The van der Waals surface area contributed by atoms with Crippen molar-refractivity contribution in [2.75, 3.05) is 6.61 Å². The molecule has 45 heavy (non-hydrogen) atoms. The number of ether oxygens (including phenoxy) is 4. The van der Waals surface area contributed by atoms with Crippen LogP contribution in [-0.4, -0.2) is 65.9 Å². The Morgan fingerprint density at radius 1 is 1.07 bits per heavy atom. The second-order valence-corrected chi connectivity index (χ2v) is 11.0. The van der Waals surface area contributed by atoms with E-state index in [2.05, 4.69) is 25.6 Å². The Hall–Kier alpha value is -5.20. The number of carbonyl (C=O) groups excluding carboxylic acids is 2. The van der Waals surface area contributed by atoms with E-state index in [0.717, 1.165) is 54.6 Å². The van der Waals surface area contributed by atoms with Crippen molar-refractivity contribution in [1.82, 2.24) is 34.7 Å². The fraction of sp³-hybridized carbons (Fsp3) is 0.375. The lowest BCUT2D eigenvalue weighted by Crippen LogP contribution is -2.26. The third-order valence-corrected chi connectivity index (χ3v) is 7.68. The Bertz CT molecular complexity index is 1770. The summed E-state index contributed by atoms with van der Waals surface area (Å²) < 4.78 is 25.9. The number of aromatic nitrogens is 7. The van der Waals surface area contributed by atoms with Crippen molar-refractivity contribution in [2.24, 2.45) is 0 Å². The van der Waals surface area contributed by atoms with Gasteiger partial charge in [-0.1, -0.05) is 24.6 Å². The predicted molar refractivity (Wildman–Crippen MR) is 163 cm³/mol. The fourth-order valence-electron chi connectivity index (χ4n) is 5.64. The number of nitrogens with one attached hydrogen (secondary N) is 1. The highest BCUT2D eigenvalue weighted by Gasteiger charge is 2.25. The molecule has 0 radical (unpaired) electrons. The van der Waals surface area contributed by atoms with E-state index in [1.54, 1.807) is 12.1 Å². The molecule has 0 bridgehead atoms. The smallest absolute Gasteiger partial charge is 0.465 e. The first-order valence-electron chi connectivity index (χ1n) is 15.1. The molecule has 1 saturated carbocycles. The van der Waals surface area contributed by atoms with Crippen LogP contribution in [-0.2, 0) is 20.8 Å². The summed E-state index contributed by atoms with van der Waals surface area (Å²) in [7, 11) is 0. The Balaban J connectivity index is 1.22. The maximum atomic E-state index is 13.4. The van der Waals surface area contributed by atoms with Gasteiger partial charge < -0.3 is 23.5 Å². The topological polar surface area (TPSA) is 148 Å². The fourth-order valence-corrected chi connectivity index (χ4v) is 5.64. The van der Waals surface area contributed by atoms with Crippen molar-refractivity contribution in [1.29, 1.82) is 0 Å². The molecule has 6 rings (SSSR count). The van der Waals surface area contributed by atoms with E-state index in [0.29, 0.717) is 36.0 Å². The number of H-pyrrole nitrogens is 1. The van der Waals surface area contributed by atoms with Crippen molar-refractivity contribution in [3.05, 3.63) is 71.4 Å². The van der Waals surface area contributed by atoms with Crippen molar-refractivity contribution in [3.63, 3.8) is 0 Å². The van der Waals surface area contributed by atoms with Gasteiger partial charge in [-0.05, 0) is 91.4 Å². The number of benzene rings is 2. The number of rotatable bonds is 10. The van der Waals surface area contributed by atoms with E-state index in [4.69, 9.17) is 18.9 Å². The molecule has 0 spiro atoms. The van der Waals surface area contributed by atoms with E-state index in [-0.39, 0.29) is 11.7 Å². The van der Waals surface area contributed by atoms with Gasteiger partial charge in [0.1, 0.15) is 6.10 Å². The maximum absolute atomic E-state index is 13.4. The standard InChI is InChI=1S/C32H35N7O6/c1-4-42-31-33-26-12-8-11-25(30(40)43-21(3)44-32(41)45-24-9-6-5-7-10-24)28(26)39(31)19-22-13-15-23(16-14-22)38-18-20(2)17-27(38)29-34-36-37-35-29/h8,11-18,21,24H,4-7,9-10,19H2,1-3H3,(H,34,35,36,37). The van der Waals surface area contributed by atoms with E-state index in [9.17, 15) is 9.59 Å². The zero-order valence-corrected chi connectivity index (χ0v) is 25.4. The van der Waals surface area contributed by atoms with Gasteiger partial charge in [-0.2, -0.15) is 4.98 Å². The van der Waals surface area contributed by atoms with Gasteiger partial charge in [0.25, 0.3) is 6.01 Å². The highest BCUT2D eigenvalue weighted by atomic mass is 16.8. The van der Waals surface area contributed by atoms with Crippen molar-refractivity contribution >= 4 is 23.2 Å². The minimum atomic E-state index is -1.14. The minimum absolute atomic E-state index is 0.164. The van der Waals surface area contributed by atoms with Crippen LogP contribution in [0.3, 0.4) is 0 Å². The monoisotopic (exact) mass is 613 g/mol. The Labute approximate surface area is 259 Å². The van der Waals surface area contributed by atoms with Crippen LogP contribution in [0.5, 0.6) is 6.01 Å². The van der Waals surface area contributed by atoms with Crippen molar-refractivity contribution in [2.45, 2.75) is 71.8 Å². The van der Waals surface area contributed by atoms with E-state index in [1.807, 2.05) is 65.6 Å². The number of fused-ring (bicyclic) bond motifs is 1. The number of imidazole rings is 1. The second-order valence-electron chi connectivity index (χ2n) is 11.0. The molecular weight excluding hydrogens is 578 g/mol. The van der Waals surface area contributed by atoms with Crippen molar-refractivity contribution in [3.8, 4) is 23.2 Å². The van der Waals surface area contributed by atoms with Gasteiger partial charge in [0.05, 0.1) is 35.4 Å². The van der Waals surface area contributed by atoms with Gasteiger partial charge in [0.15, 0.2) is 5.82 Å². The molecular formula is C32H35N7O6. The number of carbonyl (C=O) groups is 2. The molecule has 5 aromatic rings. The minimum Gasteiger partial charge on any atom is -0.465 e. The van der Waals surface area contributed by atoms with E-state index in [1.165, 1.54) is 6.92 Å². The molecule has 1 fully saturated rings. The molecule has 0 saturated heterocycles. The number of esters is 1. The summed E-state index contributed by atoms with van der Waals surface area (Å²) in [5.74, 6) is -0.0887. The molecule has 1 aliphatic carbocycles. The molecule has 1 unspecified atom stereocenters. The third kappa shape index (κ3) is 6.66. The SMILES string of the molecule is CCOc1nc2cccc(C(=O)OC(C)OC(=O)OC3CCCCC3)c2n1Cc1ccc(-n2cc(C)cc2-c2nnn[nH]2)cc1. The van der Waals surface area contributed by atoms with E-state index >= 15 is 0 Å². The highest BCUT2D eigenvalue weighted by molar-refractivity contribution is 6.02. The predicted octanol–water partition coefficient (Wildman–Crippen LogP) is 5.75. The number of hydrogen-bond acceptors (Lipinski definition) is 10. The molecule has 3 heterocycles. The molecule has 1 atom stereocenters. The normalized spacial score (nSPS) is 14.3. The Kier molecular flexibility index (Phi) is 8.76. The average Bonchev–Trinajstić information content (AvgIpc) is 3.77. The Morgan fingerprint density at radius 2 is 1.87 bits per heavy atom. The second kappa shape index (κ2) is 13.2. The molecule has 234 valence electrons. The van der Waals surface area contributed by atoms with Crippen LogP contribution in [0, 0.1) is 6.92 Å². The summed E-state index contributed by atoms with van der Waals surface area (Å²) in [5.41, 5.74) is 5.18. The van der Waals surface area contributed by atoms with Crippen LogP contribution in [0.1, 0.15) is 67.4 Å². The number of aryl methyl sites for hydroxylation is 1. The summed E-state index contributed by atoms with van der Waals surface area (Å²) >= 11 is 0. The summed E-state index contributed by atoms with van der Waals surface area (Å²) in [4.78, 5) is 30.3. The van der Waals surface area contributed by atoms with Crippen LogP contribution in [0.15, 0.2) is 54.7 Å². The third-order valence-electron chi connectivity index (χ3n) is 7.68. The van der Waals surface area contributed by atoms with Crippen LogP contribution in [0.2, 0.25) is 0 Å². The maximum Gasteiger partial charge on any atom is 0.511 e. The van der Waals surface area contributed by atoms with Crippen LogP contribution in [0.4, 0.5) is 4.79 Å². The molecule has 1 aliphatic rings. The number of hydrogen-bond donors (Lipinski definition) is 1. The van der Waals surface area contributed by atoms with E-state index < -0.39 is 18.4 Å². The zero-order chi connectivity index (χ0) is 31.3. The summed E-state index contributed by atoms with van der Waals surface area (Å²) in [6.07, 6.45) is 4.67.